The van der Waals surface area contributed by atoms with E-state index in [0.29, 0.717) is 24.4 Å². The molecular weight excluding hydrogens is 402 g/mol. The van der Waals surface area contributed by atoms with Gasteiger partial charge >= 0.3 is 0 Å². The molecule has 1 aliphatic heterocycles. The van der Waals surface area contributed by atoms with Crippen molar-refractivity contribution in [2.75, 3.05) is 11.4 Å². The van der Waals surface area contributed by atoms with Crippen LogP contribution in [0.3, 0.4) is 0 Å². The molecule has 30 heavy (non-hydrogen) atoms. The van der Waals surface area contributed by atoms with Crippen molar-refractivity contribution in [2.45, 2.75) is 50.9 Å². The van der Waals surface area contributed by atoms with Gasteiger partial charge in [-0.05, 0) is 36.5 Å². The molecule has 9 heteroatoms. The third-order valence-electron chi connectivity index (χ3n) is 6.06. The summed E-state index contributed by atoms with van der Waals surface area (Å²) in [5, 5.41) is 19.8. The molecule has 0 bridgehead atoms. The number of rotatable bonds is 4. The first-order valence-corrected chi connectivity index (χ1v) is 10.6. The average Bonchev–Trinajstić information content (AvgIpc) is 3.30. The van der Waals surface area contributed by atoms with Crippen LogP contribution in [-0.4, -0.2) is 36.4 Å². The van der Waals surface area contributed by atoms with E-state index in [1.54, 1.807) is 6.33 Å². The normalized spacial score (nSPS) is 21.4. The predicted molar refractivity (Wildman–Crippen MR) is 113 cm³/mol. The van der Waals surface area contributed by atoms with Crippen LogP contribution in [-0.2, 0) is 19.5 Å². The molecule has 0 saturated carbocycles. The summed E-state index contributed by atoms with van der Waals surface area (Å²) in [7, 11) is 0. The summed E-state index contributed by atoms with van der Waals surface area (Å²) in [5.74, 6) is 2.80. The number of halogens is 1. The average molecular weight is 426 g/mol. The molecule has 0 saturated heterocycles. The Balaban J connectivity index is 1.37. The molecule has 2 aromatic heterocycles. The van der Waals surface area contributed by atoms with Gasteiger partial charge in [0, 0.05) is 23.7 Å². The summed E-state index contributed by atoms with van der Waals surface area (Å²) < 4.78 is 2.12. The Morgan fingerprint density at radius 1 is 1.20 bits per heavy atom. The van der Waals surface area contributed by atoms with Gasteiger partial charge in [0.2, 0.25) is 0 Å². The molecular formula is C21H24ClN7O. The van der Waals surface area contributed by atoms with Gasteiger partial charge in [0.1, 0.15) is 18.0 Å². The molecule has 0 amide bonds. The molecule has 3 atom stereocenters. The SMILES string of the molecule is C[C@@H]1C[C@@H](O)c2ncnc(N3CCn4c(nnc4C(N)Cc4ccc(Cl)cc4)C3)c21. The molecule has 3 N–H and O–H groups in total. The van der Waals surface area contributed by atoms with Crippen molar-refractivity contribution in [1.29, 1.82) is 0 Å². The van der Waals surface area contributed by atoms with Gasteiger partial charge < -0.3 is 20.3 Å². The highest BCUT2D eigenvalue weighted by Crippen LogP contribution is 2.43. The monoisotopic (exact) mass is 425 g/mol. The molecule has 1 unspecified atom stereocenters. The Bertz CT molecular complexity index is 1070. The standard InChI is InChI=1S/C21H24ClN7O/c1-12-8-16(30)19-18(12)21(25-11-24-19)28-6-7-29-17(10-28)26-27-20(29)15(23)9-13-2-4-14(22)5-3-13/h2-5,11-12,15-16,30H,6-10,23H2,1H3/t12-,15?,16-/m1/s1. The molecule has 8 nitrogen and oxygen atoms in total. The van der Waals surface area contributed by atoms with Gasteiger partial charge in [-0.15, -0.1) is 10.2 Å². The van der Waals surface area contributed by atoms with E-state index in [2.05, 4.69) is 36.6 Å². The number of benzene rings is 1. The largest absolute Gasteiger partial charge is 0.387 e. The zero-order valence-corrected chi connectivity index (χ0v) is 17.5. The number of aliphatic hydroxyl groups is 1. The quantitative estimate of drug-likeness (QED) is 0.661. The Morgan fingerprint density at radius 2 is 2.00 bits per heavy atom. The van der Waals surface area contributed by atoms with Crippen LogP contribution in [0.4, 0.5) is 5.82 Å². The van der Waals surface area contributed by atoms with E-state index < -0.39 is 6.10 Å². The number of hydrogen-bond acceptors (Lipinski definition) is 7. The van der Waals surface area contributed by atoms with Gasteiger partial charge in [0.25, 0.3) is 0 Å². The summed E-state index contributed by atoms with van der Waals surface area (Å²) in [4.78, 5) is 11.1. The second-order valence-electron chi connectivity index (χ2n) is 8.13. The van der Waals surface area contributed by atoms with Gasteiger partial charge in [0.15, 0.2) is 5.82 Å². The first kappa shape index (κ1) is 19.4. The number of nitrogens with zero attached hydrogens (tertiary/aromatic N) is 6. The van der Waals surface area contributed by atoms with Crippen molar-refractivity contribution in [1.82, 2.24) is 24.7 Å². The molecule has 2 aliphatic rings. The van der Waals surface area contributed by atoms with E-state index in [1.807, 2.05) is 24.3 Å². The van der Waals surface area contributed by atoms with Crippen LogP contribution in [0.25, 0.3) is 0 Å². The summed E-state index contributed by atoms with van der Waals surface area (Å²) in [6, 6.07) is 7.49. The summed E-state index contributed by atoms with van der Waals surface area (Å²) in [5.41, 5.74) is 9.39. The van der Waals surface area contributed by atoms with Gasteiger partial charge in [-0.2, -0.15) is 0 Å². The Labute approximate surface area is 179 Å². The highest BCUT2D eigenvalue weighted by molar-refractivity contribution is 6.30. The lowest BCUT2D eigenvalue weighted by Gasteiger charge is -2.31. The maximum absolute atomic E-state index is 10.3. The predicted octanol–water partition coefficient (Wildman–Crippen LogP) is 2.52. The number of hydrogen-bond donors (Lipinski definition) is 2. The fourth-order valence-corrected chi connectivity index (χ4v) is 4.68. The smallest absolute Gasteiger partial charge is 0.152 e. The Morgan fingerprint density at radius 3 is 2.80 bits per heavy atom. The lowest BCUT2D eigenvalue weighted by atomic mass is 10.0. The van der Waals surface area contributed by atoms with Gasteiger partial charge in [-0.1, -0.05) is 30.7 Å². The summed E-state index contributed by atoms with van der Waals surface area (Å²) in [6.45, 7) is 4.23. The molecule has 3 heterocycles. The zero-order chi connectivity index (χ0) is 20.8. The van der Waals surface area contributed by atoms with E-state index in [0.717, 1.165) is 47.4 Å². The number of aliphatic hydroxyl groups excluding tert-OH is 1. The third-order valence-corrected chi connectivity index (χ3v) is 6.31. The highest BCUT2D eigenvalue weighted by Gasteiger charge is 2.34. The van der Waals surface area contributed by atoms with E-state index >= 15 is 0 Å². The Hall–Kier alpha value is -2.55. The minimum Gasteiger partial charge on any atom is -0.387 e. The van der Waals surface area contributed by atoms with Gasteiger partial charge in [0.05, 0.1) is 24.4 Å². The van der Waals surface area contributed by atoms with Crippen molar-refractivity contribution in [3.63, 3.8) is 0 Å². The van der Waals surface area contributed by atoms with Crippen LogP contribution in [0.5, 0.6) is 0 Å². The molecule has 0 spiro atoms. The second-order valence-corrected chi connectivity index (χ2v) is 8.57. The zero-order valence-electron chi connectivity index (χ0n) is 16.7. The molecule has 1 aromatic carbocycles. The molecule has 156 valence electrons. The van der Waals surface area contributed by atoms with Crippen molar-refractivity contribution in [3.8, 4) is 0 Å². The molecule has 1 aliphatic carbocycles. The topological polar surface area (TPSA) is 106 Å². The van der Waals surface area contributed by atoms with E-state index in [1.165, 1.54) is 0 Å². The van der Waals surface area contributed by atoms with Crippen molar-refractivity contribution < 1.29 is 5.11 Å². The highest BCUT2D eigenvalue weighted by atomic mass is 35.5. The van der Waals surface area contributed by atoms with Crippen LogP contribution in [0, 0.1) is 0 Å². The van der Waals surface area contributed by atoms with E-state index in [4.69, 9.17) is 17.3 Å². The summed E-state index contributed by atoms with van der Waals surface area (Å²) >= 11 is 5.97. The number of anilines is 1. The van der Waals surface area contributed by atoms with Gasteiger partial charge in [-0.25, -0.2) is 9.97 Å². The van der Waals surface area contributed by atoms with Crippen molar-refractivity contribution in [3.05, 3.63) is 64.1 Å². The number of aromatic nitrogens is 5. The minimum absolute atomic E-state index is 0.231. The van der Waals surface area contributed by atoms with E-state index in [-0.39, 0.29) is 12.0 Å². The maximum Gasteiger partial charge on any atom is 0.152 e. The van der Waals surface area contributed by atoms with E-state index in [9.17, 15) is 5.11 Å². The lowest BCUT2D eigenvalue weighted by molar-refractivity contribution is 0.170. The maximum atomic E-state index is 10.3. The third kappa shape index (κ3) is 3.34. The second kappa shape index (κ2) is 7.61. The van der Waals surface area contributed by atoms with Crippen LogP contribution < -0.4 is 10.6 Å². The van der Waals surface area contributed by atoms with Crippen LogP contribution in [0.2, 0.25) is 5.02 Å². The number of nitrogens with two attached hydrogens (primary N) is 1. The minimum atomic E-state index is -0.511. The number of fused-ring (bicyclic) bond motifs is 2. The molecule has 5 rings (SSSR count). The molecule has 3 aromatic rings. The van der Waals surface area contributed by atoms with Crippen molar-refractivity contribution >= 4 is 17.4 Å². The van der Waals surface area contributed by atoms with Crippen LogP contribution in [0.1, 0.15) is 59.9 Å². The van der Waals surface area contributed by atoms with Gasteiger partial charge in [-0.3, -0.25) is 0 Å². The first-order valence-electron chi connectivity index (χ1n) is 10.2. The lowest BCUT2D eigenvalue weighted by Crippen LogP contribution is -2.36. The fourth-order valence-electron chi connectivity index (χ4n) is 4.56. The Kier molecular flexibility index (Phi) is 4.92. The van der Waals surface area contributed by atoms with Crippen LogP contribution >= 0.6 is 11.6 Å². The first-order chi connectivity index (χ1) is 14.5. The molecule has 0 radical (unpaired) electrons. The summed E-state index contributed by atoms with van der Waals surface area (Å²) in [6.07, 6.45) is 2.40. The van der Waals surface area contributed by atoms with Crippen LogP contribution in [0.15, 0.2) is 30.6 Å². The molecule has 0 fully saturated rings. The van der Waals surface area contributed by atoms with Crippen molar-refractivity contribution in [2.24, 2.45) is 5.73 Å². The fraction of sp³-hybridized carbons (Fsp3) is 0.429.